The molecule has 5 nitrogen and oxygen atoms in total. The Bertz CT molecular complexity index is 637. The highest BCUT2D eigenvalue weighted by atomic mass is 32.2. The summed E-state index contributed by atoms with van der Waals surface area (Å²) >= 11 is 2.05. The van der Waals surface area contributed by atoms with Crippen LogP contribution in [0, 0.1) is 0 Å². The molecule has 0 saturated carbocycles. The van der Waals surface area contributed by atoms with Crippen molar-refractivity contribution in [3.05, 3.63) is 18.0 Å². The fourth-order valence-electron chi connectivity index (χ4n) is 2.60. The van der Waals surface area contributed by atoms with Crippen molar-refractivity contribution in [2.24, 2.45) is 0 Å². The Labute approximate surface area is 129 Å². The maximum Gasteiger partial charge on any atom is 0.178 e. The summed E-state index contributed by atoms with van der Waals surface area (Å²) in [6.45, 7) is 9.66. The lowest BCUT2D eigenvalue weighted by Crippen LogP contribution is -2.27. The Balaban J connectivity index is 1.83. The second-order valence-corrected chi connectivity index (χ2v) is 8.70. The lowest BCUT2D eigenvalue weighted by atomic mass is 9.96. The number of anilines is 1. The molecule has 114 valence electrons. The van der Waals surface area contributed by atoms with Crippen LogP contribution in [-0.4, -0.2) is 36.9 Å². The summed E-state index contributed by atoms with van der Waals surface area (Å²) in [7, 11) is 0. The van der Waals surface area contributed by atoms with Gasteiger partial charge in [-0.25, -0.2) is 0 Å². The van der Waals surface area contributed by atoms with Crippen LogP contribution in [0.4, 0.5) is 5.82 Å². The van der Waals surface area contributed by atoms with Crippen molar-refractivity contribution < 1.29 is 0 Å². The minimum atomic E-state index is -0.0711. The summed E-state index contributed by atoms with van der Waals surface area (Å²) in [5.41, 5.74) is 0.727. The van der Waals surface area contributed by atoms with Crippen molar-refractivity contribution in [1.82, 2.24) is 19.8 Å². The Hall–Kier alpha value is -1.30. The van der Waals surface area contributed by atoms with Crippen molar-refractivity contribution in [3.63, 3.8) is 0 Å². The van der Waals surface area contributed by atoms with Crippen LogP contribution < -0.4 is 5.32 Å². The van der Waals surface area contributed by atoms with Gasteiger partial charge in [-0.15, -0.1) is 15.3 Å². The standard InChI is InChI=1S/C15H23N5S/c1-14(2,3)13-18-17-12-7-6-11(19-20(12)13)16-10-15(4)8-5-9-21-15/h6-7H,5,8-10H2,1-4H3,(H,16,19). The van der Waals surface area contributed by atoms with Gasteiger partial charge in [-0.1, -0.05) is 20.8 Å². The fraction of sp³-hybridized carbons (Fsp3) is 0.667. The van der Waals surface area contributed by atoms with Crippen molar-refractivity contribution in [3.8, 4) is 0 Å². The zero-order valence-electron chi connectivity index (χ0n) is 13.2. The van der Waals surface area contributed by atoms with E-state index in [4.69, 9.17) is 0 Å². The van der Waals surface area contributed by atoms with Crippen LogP contribution in [0.15, 0.2) is 12.1 Å². The molecular formula is C15H23N5S. The van der Waals surface area contributed by atoms with Gasteiger partial charge in [-0.3, -0.25) is 0 Å². The monoisotopic (exact) mass is 305 g/mol. The predicted molar refractivity (Wildman–Crippen MR) is 88.1 cm³/mol. The molecule has 1 unspecified atom stereocenters. The zero-order chi connectivity index (χ0) is 15.1. The first-order chi connectivity index (χ1) is 9.87. The summed E-state index contributed by atoms with van der Waals surface area (Å²) in [5.74, 6) is 3.05. The van der Waals surface area contributed by atoms with E-state index >= 15 is 0 Å². The molecule has 3 rings (SSSR count). The third-order valence-corrected chi connectivity index (χ3v) is 5.42. The summed E-state index contributed by atoms with van der Waals surface area (Å²) in [4.78, 5) is 0. The van der Waals surface area contributed by atoms with Crippen LogP contribution in [0.2, 0.25) is 0 Å². The van der Waals surface area contributed by atoms with Crippen molar-refractivity contribution >= 4 is 23.2 Å². The topological polar surface area (TPSA) is 55.1 Å². The van der Waals surface area contributed by atoms with E-state index in [2.05, 4.69) is 60.1 Å². The summed E-state index contributed by atoms with van der Waals surface area (Å²) < 4.78 is 2.18. The third kappa shape index (κ3) is 3.00. The molecular weight excluding hydrogens is 282 g/mol. The minimum Gasteiger partial charge on any atom is -0.367 e. The van der Waals surface area contributed by atoms with E-state index in [0.29, 0.717) is 4.75 Å². The number of hydrogen-bond acceptors (Lipinski definition) is 5. The third-order valence-electron chi connectivity index (χ3n) is 3.88. The summed E-state index contributed by atoms with van der Waals surface area (Å²) in [6, 6.07) is 3.96. The first-order valence-corrected chi connectivity index (χ1v) is 8.47. The fourth-order valence-corrected chi connectivity index (χ4v) is 3.85. The highest BCUT2D eigenvalue weighted by molar-refractivity contribution is 8.00. The molecule has 0 spiro atoms. The molecule has 1 aliphatic heterocycles. The maximum atomic E-state index is 4.66. The Morgan fingerprint density at radius 3 is 2.81 bits per heavy atom. The molecule has 2 aromatic rings. The normalized spacial score (nSPS) is 22.9. The molecule has 0 aromatic carbocycles. The SMILES string of the molecule is CC1(CNc2ccc3nnc(C(C)(C)C)n3n2)CCCS1. The molecule has 3 heterocycles. The molecule has 0 aliphatic carbocycles. The van der Waals surface area contributed by atoms with Gasteiger partial charge in [0.1, 0.15) is 5.82 Å². The predicted octanol–water partition coefficient (Wildman–Crippen LogP) is 3.12. The van der Waals surface area contributed by atoms with Gasteiger partial charge in [-0.2, -0.15) is 16.3 Å². The van der Waals surface area contributed by atoms with Gasteiger partial charge < -0.3 is 5.32 Å². The molecule has 21 heavy (non-hydrogen) atoms. The van der Waals surface area contributed by atoms with Gasteiger partial charge in [0, 0.05) is 16.7 Å². The number of thioether (sulfide) groups is 1. The van der Waals surface area contributed by atoms with Crippen LogP contribution in [-0.2, 0) is 5.41 Å². The van der Waals surface area contributed by atoms with Gasteiger partial charge in [-0.05, 0) is 37.7 Å². The Morgan fingerprint density at radius 1 is 1.33 bits per heavy atom. The van der Waals surface area contributed by atoms with Gasteiger partial charge in [0.05, 0.1) is 0 Å². The van der Waals surface area contributed by atoms with E-state index in [9.17, 15) is 0 Å². The molecule has 1 fully saturated rings. The second-order valence-electron chi connectivity index (χ2n) is 7.02. The average molecular weight is 305 g/mol. The highest BCUT2D eigenvalue weighted by Crippen LogP contribution is 2.37. The number of hydrogen-bond donors (Lipinski definition) is 1. The number of nitrogens with zero attached hydrogens (tertiary/aromatic N) is 4. The van der Waals surface area contributed by atoms with E-state index in [1.54, 1.807) is 0 Å². The van der Waals surface area contributed by atoms with Crippen molar-refractivity contribution in [2.45, 2.75) is 50.7 Å². The first kappa shape index (κ1) is 14.6. The van der Waals surface area contributed by atoms with E-state index < -0.39 is 0 Å². The van der Waals surface area contributed by atoms with Gasteiger partial charge in [0.2, 0.25) is 0 Å². The molecule has 0 radical (unpaired) electrons. The summed E-state index contributed by atoms with van der Waals surface area (Å²) in [6.07, 6.45) is 2.59. The van der Waals surface area contributed by atoms with E-state index in [1.165, 1.54) is 18.6 Å². The van der Waals surface area contributed by atoms with Crippen LogP contribution in [0.5, 0.6) is 0 Å². The molecule has 1 aliphatic rings. The van der Waals surface area contributed by atoms with E-state index in [0.717, 1.165) is 23.8 Å². The van der Waals surface area contributed by atoms with Gasteiger partial charge in [0.15, 0.2) is 11.5 Å². The molecule has 0 amide bonds. The van der Waals surface area contributed by atoms with Crippen LogP contribution in [0.3, 0.4) is 0 Å². The largest absolute Gasteiger partial charge is 0.367 e. The van der Waals surface area contributed by atoms with Crippen molar-refractivity contribution in [2.75, 3.05) is 17.6 Å². The quantitative estimate of drug-likeness (QED) is 0.944. The van der Waals surface area contributed by atoms with Crippen LogP contribution >= 0.6 is 11.8 Å². The van der Waals surface area contributed by atoms with Crippen molar-refractivity contribution in [1.29, 1.82) is 0 Å². The van der Waals surface area contributed by atoms with Gasteiger partial charge >= 0.3 is 0 Å². The minimum absolute atomic E-state index is 0.0711. The Kier molecular flexibility index (Phi) is 3.59. The van der Waals surface area contributed by atoms with Crippen LogP contribution in [0.1, 0.15) is 46.4 Å². The lowest BCUT2D eigenvalue weighted by molar-refractivity contribution is 0.527. The van der Waals surface area contributed by atoms with Crippen LogP contribution in [0.25, 0.3) is 5.65 Å². The molecule has 0 bridgehead atoms. The zero-order valence-corrected chi connectivity index (χ0v) is 14.0. The average Bonchev–Trinajstić information content (AvgIpc) is 3.02. The number of nitrogens with one attached hydrogen (secondary N) is 1. The maximum absolute atomic E-state index is 4.66. The molecule has 1 N–H and O–H groups in total. The molecule has 2 aromatic heterocycles. The Morgan fingerprint density at radius 2 is 2.14 bits per heavy atom. The number of rotatable bonds is 3. The van der Waals surface area contributed by atoms with E-state index in [1.807, 2.05) is 16.6 Å². The van der Waals surface area contributed by atoms with Gasteiger partial charge in [0.25, 0.3) is 0 Å². The number of fused-ring (bicyclic) bond motifs is 1. The lowest BCUT2D eigenvalue weighted by Gasteiger charge is -2.23. The molecule has 1 saturated heterocycles. The highest BCUT2D eigenvalue weighted by Gasteiger charge is 2.29. The smallest absolute Gasteiger partial charge is 0.178 e. The van der Waals surface area contributed by atoms with E-state index in [-0.39, 0.29) is 5.41 Å². The first-order valence-electron chi connectivity index (χ1n) is 7.48. The number of aromatic nitrogens is 4. The second kappa shape index (κ2) is 5.16. The molecule has 6 heteroatoms. The molecule has 1 atom stereocenters. The summed E-state index contributed by atoms with van der Waals surface area (Å²) in [5, 5.41) is 16.6.